The van der Waals surface area contributed by atoms with E-state index < -0.39 is 5.97 Å². The van der Waals surface area contributed by atoms with Gasteiger partial charge in [0.25, 0.3) is 0 Å². The van der Waals surface area contributed by atoms with Gasteiger partial charge in [0.05, 0.1) is 24.6 Å². The summed E-state index contributed by atoms with van der Waals surface area (Å²) >= 11 is 0. The number of carbonyl (C=O) groups excluding carboxylic acids is 1. The van der Waals surface area contributed by atoms with Crippen molar-refractivity contribution in [3.05, 3.63) is 91.1 Å². The lowest BCUT2D eigenvalue weighted by Gasteiger charge is -2.08. The van der Waals surface area contributed by atoms with Crippen LogP contribution in [-0.2, 0) is 16.6 Å². The standard InChI is InChI=1S/C28H23N3O4/c1-31-26(21-14-9-15-22(16-21)34-18-24(32)33-2)23(17-29-31)28-30-25(19-10-5-3-6-11-19)27(35-28)20-12-7-4-8-13-20/h3-17H,18H2,1-2H3. The minimum Gasteiger partial charge on any atom is -0.482 e. The van der Waals surface area contributed by atoms with Crippen molar-refractivity contribution >= 4 is 5.97 Å². The number of rotatable bonds is 7. The van der Waals surface area contributed by atoms with Crippen molar-refractivity contribution in [2.45, 2.75) is 0 Å². The zero-order valence-electron chi connectivity index (χ0n) is 19.3. The molecule has 2 aromatic heterocycles. The maximum absolute atomic E-state index is 11.5. The van der Waals surface area contributed by atoms with E-state index >= 15 is 0 Å². The Morgan fingerprint density at radius 3 is 2.31 bits per heavy atom. The highest BCUT2D eigenvalue weighted by Crippen LogP contribution is 2.39. The number of carbonyl (C=O) groups is 1. The second kappa shape index (κ2) is 9.69. The monoisotopic (exact) mass is 465 g/mol. The van der Waals surface area contributed by atoms with E-state index in [1.165, 1.54) is 7.11 Å². The molecule has 0 amide bonds. The van der Waals surface area contributed by atoms with Crippen LogP contribution in [0, 0.1) is 0 Å². The number of ether oxygens (including phenoxy) is 2. The number of benzene rings is 3. The van der Waals surface area contributed by atoms with Crippen LogP contribution in [0.3, 0.4) is 0 Å². The molecule has 2 heterocycles. The van der Waals surface area contributed by atoms with E-state index in [2.05, 4.69) is 9.84 Å². The molecule has 174 valence electrons. The lowest BCUT2D eigenvalue weighted by atomic mass is 10.1. The molecule has 5 rings (SSSR count). The minimum atomic E-state index is -0.446. The first-order valence-corrected chi connectivity index (χ1v) is 11.1. The van der Waals surface area contributed by atoms with E-state index in [4.69, 9.17) is 14.1 Å². The van der Waals surface area contributed by atoms with Crippen LogP contribution in [0.2, 0.25) is 0 Å². The molecule has 0 aliphatic carbocycles. The van der Waals surface area contributed by atoms with Crippen LogP contribution in [0.15, 0.2) is 95.5 Å². The number of oxazole rings is 1. The van der Waals surface area contributed by atoms with Gasteiger partial charge in [0, 0.05) is 23.7 Å². The van der Waals surface area contributed by atoms with Gasteiger partial charge in [-0.15, -0.1) is 0 Å². The number of methoxy groups -OCH3 is 1. The van der Waals surface area contributed by atoms with E-state index in [9.17, 15) is 4.79 Å². The molecule has 0 N–H and O–H groups in total. The molecular weight excluding hydrogens is 442 g/mol. The van der Waals surface area contributed by atoms with Gasteiger partial charge in [0.15, 0.2) is 12.4 Å². The highest BCUT2D eigenvalue weighted by Gasteiger charge is 2.22. The summed E-state index contributed by atoms with van der Waals surface area (Å²) < 4.78 is 18.4. The number of nitrogens with zero attached hydrogens (tertiary/aromatic N) is 3. The Balaban J connectivity index is 1.59. The minimum absolute atomic E-state index is 0.168. The van der Waals surface area contributed by atoms with Crippen molar-refractivity contribution in [3.63, 3.8) is 0 Å². The van der Waals surface area contributed by atoms with Gasteiger partial charge in [0.1, 0.15) is 11.4 Å². The summed E-state index contributed by atoms with van der Waals surface area (Å²) in [6, 6.07) is 27.3. The van der Waals surface area contributed by atoms with E-state index in [0.29, 0.717) is 17.4 Å². The van der Waals surface area contributed by atoms with Crippen molar-refractivity contribution < 1.29 is 18.7 Å². The molecule has 0 saturated heterocycles. The summed E-state index contributed by atoms with van der Waals surface area (Å²) in [6.45, 7) is -0.168. The quantitative estimate of drug-likeness (QED) is 0.290. The average molecular weight is 466 g/mol. The molecule has 0 aliphatic rings. The van der Waals surface area contributed by atoms with Crippen LogP contribution in [0.1, 0.15) is 0 Å². The summed E-state index contributed by atoms with van der Waals surface area (Å²) in [6.07, 6.45) is 1.74. The van der Waals surface area contributed by atoms with Gasteiger partial charge in [-0.2, -0.15) is 5.10 Å². The van der Waals surface area contributed by atoms with Crippen molar-refractivity contribution in [1.82, 2.24) is 14.8 Å². The lowest BCUT2D eigenvalue weighted by Crippen LogP contribution is -2.12. The number of aryl methyl sites for hydroxylation is 1. The summed E-state index contributed by atoms with van der Waals surface area (Å²) in [4.78, 5) is 16.4. The number of esters is 1. The zero-order chi connectivity index (χ0) is 24.2. The fourth-order valence-corrected chi connectivity index (χ4v) is 3.88. The Morgan fingerprint density at radius 2 is 1.60 bits per heavy atom. The maximum Gasteiger partial charge on any atom is 0.343 e. The third kappa shape index (κ3) is 4.56. The third-order valence-corrected chi connectivity index (χ3v) is 5.57. The molecule has 0 radical (unpaired) electrons. The Labute approximate surface area is 202 Å². The Kier molecular flexibility index (Phi) is 6.13. The molecule has 35 heavy (non-hydrogen) atoms. The Bertz CT molecular complexity index is 1400. The first kappa shape index (κ1) is 22.2. The van der Waals surface area contributed by atoms with E-state index in [0.717, 1.165) is 33.6 Å². The molecule has 5 aromatic rings. The summed E-state index contributed by atoms with van der Waals surface area (Å²) in [7, 11) is 3.19. The van der Waals surface area contributed by atoms with Gasteiger partial charge in [0.2, 0.25) is 5.89 Å². The number of aromatic nitrogens is 3. The highest BCUT2D eigenvalue weighted by atomic mass is 16.6. The van der Waals surface area contributed by atoms with E-state index in [-0.39, 0.29) is 6.61 Å². The normalized spacial score (nSPS) is 10.8. The Morgan fingerprint density at radius 1 is 0.914 bits per heavy atom. The van der Waals surface area contributed by atoms with Gasteiger partial charge >= 0.3 is 5.97 Å². The second-order valence-corrected chi connectivity index (χ2v) is 7.85. The fraction of sp³-hybridized carbons (Fsp3) is 0.107. The van der Waals surface area contributed by atoms with Gasteiger partial charge in [-0.05, 0) is 12.1 Å². The molecule has 0 aliphatic heterocycles. The number of hydrogen-bond acceptors (Lipinski definition) is 6. The largest absolute Gasteiger partial charge is 0.482 e. The molecule has 0 spiro atoms. The van der Waals surface area contributed by atoms with Gasteiger partial charge in [-0.25, -0.2) is 9.78 Å². The molecule has 0 saturated carbocycles. The van der Waals surface area contributed by atoms with Crippen LogP contribution in [0.5, 0.6) is 5.75 Å². The van der Waals surface area contributed by atoms with Crippen LogP contribution < -0.4 is 4.74 Å². The smallest absolute Gasteiger partial charge is 0.343 e. The van der Waals surface area contributed by atoms with Gasteiger partial charge < -0.3 is 13.9 Å². The van der Waals surface area contributed by atoms with Crippen LogP contribution in [-0.4, -0.2) is 34.5 Å². The fourth-order valence-electron chi connectivity index (χ4n) is 3.88. The third-order valence-electron chi connectivity index (χ3n) is 5.57. The molecular formula is C28H23N3O4. The van der Waals surface area contributed by atoms with Gasteiger partial charge in [-0.3, -0.25) is 4.68 Å². The van der Waals surface area contributed by atoms with Crippen molar-refractivity contribution in [3.8, 4) is 51.0 Å². The molecule has 3 aromatic carbocycles. The second-order valence-electron chi connectivity index (χ2n) is 7.85. The summed E-state index contributed by atoms with van der Waals surface area (Å²) in [5.74, 6) is 1.25. The molecule has 0 unspecified atom stereocenters. The Hall–Kier alpha value is -4.65. The molecule has 7 nitrogen and oxygen atoms in total. The maximum atomic E-state index is 11.5. The van der Waals surface area contributed by atoms with E-state index in [1.807, 2.05) is 85.9 Å². The van der Waals surface area contributed by atoms with Gasteiger partial charge in [-0.1, -0.05) is 72.8 Å². The highest BCUT2D eigenvalue weighted by molar-refractivity contribution is 5.83. The summed E-state index contributed by atoms with van der Waals surface area (Å²) in [5, 5.41) is 4.47. The molecule has 7 heteroatoms. The first-order valence-electron chi connectivity index (χ1n) is 11.1. The summed E-state index contributed by atoms with van der Waals surface area (Å²) in [5.41, 5.74) is 5.07. The van der Waals surface area contributed by atoms with Crippen LogP contribution in [0.4, 0.5) is 0 Å². The SMILES string of the molecule is COC(=O)COc1cccc(-c2c(-c3nc(-c4ccccc4)c(-c4ccccc4)o3)cnn2C)c1. The van der Waals surface area contributed by atoms with Crippen molar-refractivity contribution in [2.75, 3.05) is 13.7 Å². The predicted molar refractivity (Wildman–Crippen MR) is 133 cm³/mol. The van der Waals surface area contributed by atoms with Crippen LogP contribution in [0.25, 0.3) is 45.3 Å². The van der Waals surface area contributed by atoms with Crippen LogP contribution >= 0.6 is 0 Å². The first-order chi connectivity index (χ1) is 17.1. The molecule has 0 fully saturated rings. The van der Waals surface area contributed by atoms with Crippen molar-refractivity contribution in [2.24, 2.45) is 7.05 Å². The lowest BCUT2D eigenvalue weighted by molar-refractivity contribution is -0.142. The van der Waals surface area contributed by atoms with Crippen molar-refractivity contribution in [1.29, 1.82) is 0 Å². The average Bonchev–Trinajstić information content (AvgIpc) is 3.52. The molecule has 0 atom stereocenters. The predicted octanol–water partition coefficient (Wildman–Crippen LogP) is 5.63. The molecule has 0 bridgehead atoms. The van der Waals surface area contributed by atoms with E-state index in [1.54, 1.807) is 16.9 Å². The zero-order valence-corrected chi connectivity index (χ0v) is 19.3. The topological polar surface area (TPSA) is 79.4 Å². The number of hydrogen-bond donors (Lipinski definition) is 0.